The van der Waals surface area contributed by atoms with Gasteiger partial charge in [0.05, 0.1) is 4.47 Å². The molecule has 1 aromatic rings. The number of rotatable bonds is 1. The van der Waals surface area contributed by atoms with E-state index in [1.165, 1.54) is 15.9 Å². The van der Waals surface area contributed by atoms with Crippen LogP contribution in [0.25, 0.3) is 0 Å². The number of amides is 2. The maximum absolute atomic E-state index is 14.0. The second-order valence-electron chi connectivity index (χ2n) is 6.48. The zero-order chi connectivity index (χ0) is 18.1. The summed E-state index contributed by atoms with van der Waals surface area (Å²) in [6, 6.07) is 2.25. The fourth-order valence-corrected chi connectivity index (χ4v) is 2.63. The Morgan fingerprint density at radius 3 is 2.17 bits per heavy atom. The molecule has 1 fully saturated rings. The zero-order valence-corrected chi connectivity index (χ0v) is 15.3. The molecule has 8 heteroatoms. The number of ether oxygens (including phenoxy) is 1. The third kappa shape index (κ3) is 4.23. The van der Waals surface area contributed by atoms with Crippen LogP contribution in [0, 0.1) is 11.6 Å². The Balaban J connectivity index is 2.04. The van der Waals surface area contributed by atoms with Gasteiger partial charge in [-0.25, -0.2) is 13.6 Å². The van der Waals surface area contributed by atoms with Gasteiger partial charge in [-0.3, -0.25) is 4.79 Å². The van der Waals surface area contributed by atoms with Crippen LogP contribution in [0.4, 0.5) is 13.6 Å². The molecule has 1 aromatic carbocycles. The topological polar surface area (TPSA) is 49.9 Å². The first kappa shape index (κ1) is 18.6. The Morgan fingerprint density at radius 1 is 1.08 bits per heavy atom. The van der Waals surface area contributed by atoms with Gasteiger partial charge in [0.15, 0.2) is 5.82 Å². The van der Waals surface area contributed by atoms with Crippen LogP contribution in [-0.2, 0) is 4.74 Å². The van der Waals surface area contributed by atoms with E-state index in [9.17, 15) is 18.4 Å². The molecule has 0 aromatic heterocycles. The second-order valence-corrected chi connectivity index (χ2v) is 7.33. The van der Waals surface area contributed by atoms with Crippen LogP contribution < -0.4 is 0 Å². The van der Waals surface area contributed by atoms with Crippen molar-refractivity contribution in [2.45, 2.75) is 26.4 Å². The average Bonchev–Trinajstić information content (AvgIpc) is 2.50. The van der Waals surface area contributed by atoms with Gasteiger partial charge in [0.2, 0.25) is 0 Å². The first-order valence-electron chi connectivity index (χ1n) is 7.51. The Morgan fingerprint density at radius 2 is 1.62 bits per heavy atom. The van der Waals surface area contributed by atoms with E-state index in [1.54, 1.807) is 20.8 Å². The third-order valence-corrected chi connectivity index (χ3v) is 4.09. The molecule has 0 aliphatic carbocycles. The van der Waals surface area contributed by atoms with Crippen molar-refractivity contribution in [2.24, 2.45) is 0 Å². The molecule has 2 amide bonds. The molecule has 1 aliphatic heterocycles. The summed E-state index contributed by atoms with van der Waals surface area (Å²) in [5.74, 6) is -2.56. The summed E-state index contributed by atoms with van der Waals surface area (Å²) >= 11 is 2.95. The Bertz CT molecular complexity index is 653. The Labute approximate surface area is 147 Å². The van der Waals surface area contributed by atoms with Crippen LogP contribution in [-0.4, -0.2) is 53.6 Å². The highest BCUT2D eigenvalue weighted by molar-refractivity contribution is 9.10. The van der Waals surface area contributed by atoms with Gasteiger partial charge in [-0.05, 0) is 48.8 Å². The minimum atomic E-state index is -0.922. The van der Waals surface area contributed by atoms with Crippen LogP contribution >= 0.6 is 15.9 Å². The van der Waals surface area contributed by atoms with Crippen LogP contribution in [0.3, 0.4) is 0 Å². The van der Waals surface area contributed by atoms with E-state index in [1.807, 2.05) is 0 Å². The Kier molecular flexibility index (Phi) is 5.47. The van der Waals surface area contributed by atoms with E-state index in [0.29, 0.717) is 0 Å². The van der Waals surface area contributed by atoms with Crippen LogP contribution in [0.1, 0.15) is 31.1 Å². The summed E-state index contributed by atoms with van der Waals surface area (Å²) in [5.41, 5.74) is -1.19. The van der Waals surface area contributed by atoms with Crippen molar-refractivity contribution in [3.05, 3.63) is 33.8 Å². The third-order valence-electron chi connectivity index (χ3n) is 3.48. The summed E-state index contributed by atoms with van der Waals surface area (Å²) in [5, 5.41) is 0. The zero-order valence-electron chi connectivity index (χ0n) is 13.7. The lowest BCUT2D eigenvalue weighted by Gasteiger charge is -2.35. The lowest BCUT2D eigenvalue weighted by molar-refractivity contribution is 0.0139. The number of benzene rings is 1. The summed E-state index contributed by atoms with van der Waals surface area (Å²) < 4.78 is 33.2. The number of carbonyl (C=O) groups is 2. The highest BCUT2D eigenvalue weighted by atomic mass is 79.9. The number of piperazine rings is 1. The Hall–Kier alpha value is -1.70. The molecule has 0 N–H and O–H groups in total. The minimum Gasteiger partial charge on any atom is -0.444 e. The predicted octanol–water partition coefficient (Wildman–Crippen LogP) is 3.42. The van der Waals surface area contributed by atoms with E-state index in [-0.39, 0.29) is 30.7 Å². The number of nitrogens with zero attached hydrogens (tertiary/aromatic N) is 2. The first-order valence-corrected chi connectivity index (χ1v) is 8.30. The first-order chi connectivity index (χ1) is 11.1. The summed E-state index contributed by atoms with van der Waals surface area (Å²) in [7, 11) is 0. The van der Waals surface area contributed by atoms with Crippen molar-refractivity contribution in [1.82, 2.24) is 9.80 Å². The molecule has 5 nitrogen and oxygen atoms in total. The molecule has 0 bridgehead atoms. The minimum absolute atomic E-state index is 0.0274. The second kappa shape index (κ2) is 7.04. The van der Waals surface area contributed by atoms with Crippen LogP contribution in [0.15, 0.2) is 16.6 Å². The molecule has 2 rings (SSSR count). The quantitative estimate of drug-likeness (QED) is 0.673. The van der Waals surface area contributed by atoms with E-state index in [0.717, 1.165) is 6.07 Å². The van der Waals surface area contributed by atoms with Crippen molar-refractivity contribution in [3.8, 4) is 0 Å². The van der Waals surface area contributed by atoms with E-state index in [2.05, 4.69) is 15.9 Å². The molecular formula is C16H19BrF2N2O3. The number of carbonyl (C=O) groups excluding carboxylic acids is 2. The standard InChI is InChI=1S/C16H19BrF2N2O3/c1-16(2,3)24-15(23)21-8-6-20(7-9-21)14(22)12-11(18)5-4-10(17)13(12)19/h4-5H,6-9H2,1-3H3. The van der Waals surface area contributed by atoms with Crippen molar-refractivity contribution in [3.63, 3.8) is 0 Å². The molecule has 0 spiro atoms. The molecule has 24 heavy (non-hydrogen) atoms. The maximum atomic E-state index is 14.0. The molecule has 1 saturated heterocycles. The molecule has 0 unspecified atom stereocenters. The molecule has 1 heterocycles. The molecule has 0 saturated carbocycles. The molecule has 132 valence electrons. The highest BCUT2D eigenvalue weighted by Crippen LogP contribution is 2.23. The lowest BCUT2D eigenvalue weighted by Crippen LogP contribution is -2.51. The van der Waals surface area contributed by atoms with Gasteiger partial charge in [-0.2, -0.15) is 0 Å². The molecule has 1 aliphatic rings. The summed E-state index contributed by atoms with van der Waals surface area (Å²) in [6.45, 7) is 6.17. The van der Waals surface area contributed by atoms with E-state index in [4.69, 9.17) is 4.74 Å². The average molecular weight is 405 g/mol. The smallest absolute Gasteiger partial charge is 0.410 e. The van der Waals surface area contributed by atoms with Gasteiger partial charge in [-0.1, -0.05) is 0 Å². The van der Waals surface area contributed by atoms with Crippen molar-refractivity contribution in [2.75, 3.05) is 26.2 Å². The van der Waals surface area contributed by atoms with Gasteiger partial charge in [-0.15, -0.1) is 0 Å². The van der Waals surface area contributed by atoms with E-state index < -0.39 is 34.8 Å². The van der Waals surface area contributed by atoms with Gasteiger partial charge < -0.3 is 14.5 Å². The SMILES string of the molecule is CC(C)(C)OC(=O)N1CCN(C(=O)c2c(F)ccc(Br)c2F)CC1. The maximum Gasteiger partial charge on any atom is 0.410 e. The monoisotopic (exact) mass is 404 g/mol. The van der Waals surface area contributed by atoms with Crippen molar-refractivity contribution in [1.29, 1.82) is 0 Å². The predicted molar refractivity (Wildman–Crippen MR) is 87.8 cm³/mol. The van der Waals surface area contributed by atoms with Gasteiger partial charge in [0, 0.05) is 26.2 Å². The molecular weight excluding hydrogens is 386 g/mol. The van der Waals surface area contributed by atoms with Gasteiger partial charge >= 0.3 is 6.09 Å². The molecule has 0 radical (unpaired) electrons. The van der Waals surface area contributed by atoms with Crippen molar-refractivity contribution >= 4 is 27.9 Å². The van der Waals surface area contributed by atoms with Crippen molar-refractivity contribution < 1.29 is 23.1 Å². The van der Waals surface area contributed by atoms with Crippen LogP contribution in [0.5, 0.6) is 0 Å². The summed E-state index contributed by atoms with van der Waals surface area (Å²) in [4.78, 5) is 27.2. The fourth-order valence-electron chi connectivity index (χ4n) is 2.30. The lowest BCUT2D eigenvalue weighted by atomic mass is 10.1. The van der Waals surface area contributed by atoms with Gasteiger partial charge in [0.1, 0.15) is 17.0 Å². The van der Waals surface area contributed by atoms with Gasteiger partial charge in [0.25, 0.3) is 5.91 Å². The number of hydrogen-bond acceptors (Lipinski definition) is 3. The molecule has 0 atom stereocenters. The normalized spacial score (nSPS) is 15.4. The largest absolute Gasteiger partial charge is 0.444 e. The number of hydrogen-bond donors (Lipinski definition) is 0. The highest BCUT2D eigenvalue weighted by Gasteiger charge is 2.30. The number of halogens is 3. The summed E-state index contributed by atoms with van der Waals surface area (Å²) in [6.07, 6.45) is -0.464. The van der Waals surface area contributed by atoms with Crippen LogP contribution in [0.2, 0.25) is 0 Å². The fraction of sp³-hybridized carbons (Fsp3) is 0.500. The van der Waals surface area contributed by atoms with E-state index >= 15 is 0 Å².